The monoisotopic (exact) mass is 389 g/mol. The summed E-state index contributed by atoms with van der Waals surface area (Å²) in [5, 5.41) is 4.06. The highest BCUT2D eigenvalue weighted by Crippen LogP contribution is 2.48. The largest absolute Gasteiger partial charge is 0.496 e. The second-order valence-electron chi connectivity index (χ2n) is 7.89. The molecule has 0 bridgehead atoms. The van der Waals surface area contributed by atoms with Crippen LogP contribution in [0.2, 0.25) is 18.1 Å². The SMILES string of the molecule is COc1c(C(O[Si](C)(C)C(C)(C)C)C(F)(F)F)ccc2c1c(N)nn2C. The van der Waals surface area contributed by atoms with Crippen LogP contribution in [-0.4, -0.2) is 31.4 Å². The van der Waals surface area contributed by atoms with Crippen LogP contribution in [0.5, 0.6) is 5.75 Å². The molecule has 5 nitrogen and oxygen atoms in total. The normalized spacial score (nSPS) is 14.7. The molecule has 2 rings (SSSR count). The van der Waals surface area contributed by atoms with Gasteiger partial charge >= 0.3 is 6.18 Å². The molecule has 0 fully saturated rings. The Hall–Kier alpha value is -1.74. The summed E-state index contributed by atoms with van der Waals surface area (Å²) in [6.07, 6.45) is -6.68. The molecule has 0 radical (unpaired) electrons. The number of hydrogen-bond acceptors (Lipinski definition) is 4. The van der Waals surface area contributed by atoms with E-state index in [1.807, 2.05) is 20.8 Å². The number of fused-ring (bicyclic) bond motifs is 1. The number of rotatable bonds is 4. The fourth-order valence-corrected chi connectivity index (χ4v) is 3.78. The van der Waals surface area contributed by atoms with E-state index in [2.05, 4.69) is 5.10 Å². The molecule has 0 amide bonds. The second-order valence-corrected chi connectivity index (χ2v) is 12.6. The first kappa shape index (κ1) is 20.6. The van der Waals surface area contributed by atoms with Gasteiger partial charge in [0.2, 0.25) is 0 Å². The lowest BCUT2D eigenvalue weighted by Crippen LogP contribution is -2.44. The summed E-state index contributed by atoms with van der Waals surface area (Å²) in [7, 11) is 0.296. The quantitative estimate of drug-likeness (QED) is 0.764. The van der Waals surface area contributed by atoms with Crippen LogP contribution in [0.1, 0.15) is 32.4 Å². The number of aromatic nitrogens is 2. The highest BCUT2D eigenvalue weighted by molar-refractivity contribution is 6.74. The first-order valence-corrected chi connectivity index (χ1v) is 11.1. The van der Waals surface area contributed by atoms with E-state index in [0.717, 1.165) is 0 Å². The molecule has 1 heterocycles. The summed E-state index contributed by atoms with van der Waals surface area (Å²) in [4.78, 5) is 0. The van der Waals surface area contributed by atoms with Gasteiger partial charge in [0.1, 0.15) is 5.75 Å². The number of anilines is 1. The number of ether oxygens (including phenoxy) is 1. The Balaban J connectivity index is 2.69. The Morgan fingerprint density at radius 3 is 2.23 bits per heavy atom. The molecule has 2 N–H and O–H groups in total. The van der Waals surface area contributed by atoms with Crippen LogP contribution < -0.4 is 10.5 Å². The molecule has 0 aliphatic rings. The van der Waals surface area contributed by atoms with Crippen molar-refractivity contribution in [3.8, 4) is 5.75 Å². The molecule has 9 heteroatoms. The third kappa shape index (κ3) is 3.55. The predicted octanol–water partition coefficient (Wildman–Crippen LogP) is 4.79. The van der Waals surface area contributed by atoms with E-state index < -0.39 is 20.6 Å². The number of halogens is 3. The minimum atomic E-state index is -4.59. The van der Waals surface area contributed by atoms with E-state index in [1.54, 1.807) is 26.2 Å². The maximum Gasteiger partial charge on any atom is 0.417 e. The zero-order chi connectivity index (χ0) is 20.1. The average molecular weight is 389 g/mol. The molecule has 1 unspecified atom stereocenters. The summed E-state index contributed by atoms with van der Waals surface area (Å²) < 4.78 is 54.4. The van der Waals surface area contributed by atoms with Crippen molar-refractivity contribution in [2.24, 2.45) is 7.05 Å². The van der Waals surface area contributed by atoms with Crippen molar-refractivity contribution in [3.63, 3.8) is 0 Å². The molecular formula is C17H26F3N3O2Si. The van der Waals surface area contributed by atoms with Crippen LogP contribution in [0.4, 0.5) is 19.0 Å². The zero-order valence-corrected chi connectivity index (χ0v) is 17.2. The maximum atomic E-state index is 13.9. The summed E-state index contributed by atoms with van der Waals surface area (Å²) in [5.41, 5.74) is 6.41. The Kier molecular flexibility index (Phi) is 5.10. The van der Waals surface area contributed by atoms with Gasteiger partial charge in [-0.25, -0.2) is 0 Å². The molecular weight excluding hydrogens is 363 g/mol. The number of benzene rings is 1. The summed E-state index contributed by atoms with van der Waals surface area (Å²) in [6.45, 7) is 9.26. The molecule has 1 aromatic heterocycles. The van der Waals surface area contributed by atoms with Crippen molar-refractivity contribution >= 4 is 25.0 Å². The summed E-state index contributed by atoms with van der Waals surface area (Å²) in [6, 6.07) is 2.94. The molecule has 0 saturated carbocycles. The van der Waals surface area contributed by atoms with E-state index in [1.165, 1.54) is 17.9 Å². The standard InChI is InChI=1S/C17H26F3N3O2Si/c1-16(2,3)26(6,7)25-14(17(18,19)20)10-8-9-11-12(13(10)24-5)15(21)22-23(11)4/h8-9,14H,1-7H3,(H2,21,22). The lowest BCUT2D eigenvalue weighted by molar-refractivity contribution is -0.201. The van der Waals surface area contributed by atoms with Crippen molar-refractivity contribution in [1.82, 2.24) is 9.78 Å². The van der Waals surface area contributed by atoms with E-state index in [-0.39, 0.29) is 22.2 Å². The highest BCUT2D eigenvalue weighted by Gasteiger charge is 2.49. The number of aryl methyl sites for hydroxylation is 1. The smallest absolute Gasteiger partial charge is 0.417 e. The highest BCUT2D eigenvalue weighted by atomic mass is 28.4. The number of alkyl halides is 3. The fourth-order valence-electron chi connectivity index (χ4n) is 2.58. The van der Waals surface area contributed by atoms with E-state index >= 15 is 0 Å². The zero-order valence-electron chi connectivity index (χ0n) is 16.2. The number of hydrogen-bond donors (Lipinski definition) is 1. The van der Waals surface area contributed by atoms with E-state index in [0.29, 0.717) is 10.9 Å². The van der Waals surface area contributed by atoms with Crippen molar-refractivity contribution in [1.29, 1.82) is 0 Å². The van der Waals surface area contributed by atoms with Gasteiger partial charge in [0.25, 0.3) is 0 Å². The van der Waals surface area contributed by atoms with Crippen LogP contribution in [0.25, 0.3) is 10.9 Å². The number of nitrogens with two attached hydrogens (primary N) is 1. The molecule has 1 atom stereocenters. The van der Waals surface area contributed by atoms with Gasteiger partial charge in [-0.05, 0) is 24.2 Å². The van der Waals surface area contributed by atoms with E-state index in [9.17, 15) is 13.2 Å². The van der Waals surface area contributed by atoms with Crippen molar-refractivity contribution < 1.29 is 22.3 Å². The Labute approximate surface area is 152 Å². The number of nitrogens with zero attached hydrogens (tertiary/aromatic N) is 2. The third-order valence-electron chi connectivity index (χ3n) is 5.03. The van der Waals surface area contributed by atoms with Gasteiger partial charge in [0.05, 0.1) is 18.0 Å². The molecule has 0 saturated heterocycles. The topological polar surface area (TPSA) is 62.3 Å². The lowest BCUT2D eigenvalue weighted by Gasteiger charge is -2.40. The van der Waals surface area contributed by atoms with Gasteiger partial charge in [-0.2, -0.15) is 18.3 Å². The number of nitrogen functional groups attached to an aromatic ring is 1. The fraction of sp³-hybridized carbons (Fsp3) is 0.588. The predicted molar refractivity (Wildman–Crippen MR) is 98.8 cm³/mol. The Morgan fingerprint density at radius 1 is 1.19 bits per heavy atom. The second kappa shape index (κ2) is 6.45. The maximum absolute atomic E-state index is 13.9. The van der Waals surface area contributed by atoms with Crippen LogP contribution >= 0.6 is 0 Å². The minimum absolute atomic E-state index is 0.0501. The van der Waals surface area contributed by atoms with Gasteiger partial charge in [-0.1, -0.05) is 26.8 Å². The molecule has 1 aromatic carbocycles. The number of methoxy groups -OCH3 is 1. The minimum Gasteiger partial charge on any atom is -0.496 e. The molecule has 0 aliphatic heterocycles. The average Bonchev–Trinajstić information content (AvgIpc) is 2.76. The van der Waals surface area contributed by atoms with Crippen LogP contribution in [0.15, 0.2) is 12.1 Å². The van der Waals surface area contributed by atoms with Crippen LogP contribution in [-0.2, 0) is 11.5 Å². The van der Waals surface area contributed by atoms with Gasteiger partial charge < -0.3 is 14.9 Å². The van der Waals surface area contributed by atoms with E-state index in [4.69, 9.17) is 14.9 Å². The first-order chi connectivity index (χ1) is 11.7. The molecule has 26 heavy (non-hydrogen) atoms. The Morgan fingerprint density at radius 2 is 1.77 bits per heavy atom. The van der Waals surface area contributed by atoms with Crippen LogP contribution in [0.3, 0.4) is 0 Å². The van der Waals surface area contributed by atoms with Crippen molar-refractivity contribution in [2.75, 3.05) is 12.8 Å². The van der Waals surface area contributed by atoms with Gasteiger partial charge in [0.15, 0.2) is 20.2 Å². The molecule has 0 spiro atoms. The van der Waals surface area contributed by atoms with Gasteiger partial charge in [0, 0.05) is 12.6 Å². The van der Waals surface area contributed by atoms with Gasteiger partial charge in [-0.3, -0.25) is 4.68 Å². The van der Waals surface area contributed by atoms with Gasteiger partial charge in [-0.15, -0.1) is 0 Å². The van der Waals surface area contributed by atoms with Crippen molar-refractivity contribution in [3.05, 3.63) is 17.7 Å². The first-order valence-electron chi connectivity index (χ1n) is 8.24. The summed E-state index contributed by atoms with van der Waals surface area (Å²) in [5.74, 6) is 0.170. The summed E-state index contributed by atoms with van der Waals surface area (Å²) >= 11 is 0. The van der Waals surface area contributed by atoms with Crippen LogP contribution in [0, 0.1) is 0 Å². The lowest BCUT2D eigenvalue weighted by atomic mass is 10.0. The molecule has 0 aliphatic carbocycles. The third-order valence-corrected chi connectivity index (χ3v) is 9.47. The van der Waals surface area contributed by atoms with Crippen molar-refractivity contribution in [2.45, 2.75) is 51.2 Å². The molecule has 146 valence electrons. The Bertz CT molecular complexity index is 810. The molecule has 2 aromatic rings.